The van der Waals surface area contributed by atoms with E-state index in [0.717, 1.165) is 42.1 Å². The minimum absolute atomic E-state index is 0.100. The fourth-order valence-corrected chi connectivity index (χ4v) is 5.11. The summed E-state index contributed by atoms with van der Waals surface area (Å²) in [6.07, 6.45) is 0.273. The Bertz CT molecular complexity index is 1350. The number of alkyl halides is 3. The van der Waals surface area contributed by atoms with Crippen LogP contribution < -0.4 is 15.5 Å². The number of carbonyl (C=O) groups excluding carboxylic acids is 1. The van der Waals surface area contributed by atoms with Gasteiger partial charge in [0.2, 0.25) is 5.95 Å². The number of hydrogen-bond acceptors (Lipinski definition) is 8. The van der Waals surface area contributed by atoms with E-state index in [0.29, 0.717) is 21.6 Å². The van der Waals surface area contributed by atoms with E-state index in [1.165, 1.54) is 11.8 Å². The third-order valence-corrected chi connectivity index (χ3v) is 7.53. The summed E-state index contributed by atoms with van der Waals surface area (Å²) in [5, 5.41) is 15.1. The number of rotatable bonds is 7. The number of anilines is 2. The monoisotopic (exact) mass is 610 g/mol. The van der Waals surface area contributed by atoms with E-state index in [1.54, 1.807) is 12.3 Å². The maximum absolute atomic E-state index is 13.1. The van der Waals surface area contributed by atoms with Gasteiger partial charge in [0, 0.05) is 49.0 Å². The zero-order valence-corrected chi connectivity index (χ0v) is 24.1. The molecular weight excluding hydrogens is 581 g/mol. The second-order valence-corrected chi connectivity index (χ2v) is 10.9. The van der Waals surface area contributed by atoms with Gasteiger partial charge in [-0.3, -0.25) is 4.79 Å². The van der Waals surface area contributed by atoms with Crippen LogP contribution in [0.1, 0.15) is 41.7 Å². The molecule has 0 unspecified atom stereocenters. The third kappa shape index (κ3) is 9.78. The molecule has 0 radical (unpaired) electrons. The summed E-state index contributed by atoms with van der Waals surface area (Å²) in [6, 6.07) is 13.5. The van der Waals surface area contributed by atoms with Crippen LogP contribution in [0.3, 0.4) is 0 Å². The lowest BCUT2D eigenvalue weighted by Crippen LogP contribution is -2.40. The molecule has 9 nitrogen and oxygen atoms in total. The predicted octanol–water partition coefficient (Wildman–Crippen LogP) is 5.84. The van der Waals surface area contributed by atoms with Crippen LogP contribution in [0.4, 0.5) is 24.9 Å². The molecule has 0 saturated heterocycles. The van der Waals surface area contributed by atoms with Gasteiger partial charge in [-0.05, 0) is 56.9 Å². The molecular formula is C27H30ClF3N6O3S. The minimum atomic E-state index is -5.08. The van der Waals surface area contributed by atoms with E-state index in [-0.39, 0.29) is 18.0 Å². The summed E-state index contributed by atoms with van der Waals surface area (Å²) in [7, 11) is 3.94. The average Bonchev–Trinajstić information content (AvgIpc) is 2.91. The molecule has 14 heteroatoms. The van der Waals surface area contributed by atoms with E-state index in [2.05, 4.69) is 25.6 Å². The van der Waals surface area contributed by atoms with Crippen LogP contribution in [0.25, 0.3) is 0 Å². The Labute approximate surface area is 244 Å². The van der Waals surface area contributed by atoms with Gasteiger partial charge in [-0.25, -0.2) is 14.8 Å². The Balaban J connectivity index is 0.000000587. The van der Waals surface area contributed by atoms with Crippen molar-refractivity contribution in [2.75, 3.05) is 24.3 Å². The Morgan fingerprint density at radius 1 is 1.05 bits per heavy atom. The van der Waals surface area contributed by atoms with Crippen molar-refractivity contribution in [3.05, 3.63) is 64.9 Å². The highest BCUT2D eigenvalue weighted by molar-refractivity contribution is 7.99. The number of nitrogens with one attached hydrogen (secondary N) is 2. The molecule has 1 aliphatic rings. The molecule has 1 aliphatic carbocycles. The topological polar surface area (TPSA) is 120 Å². The Morgan fingerprint density at radius 2 is 1.68 bits per heavy atom. The van der Waals surface area contributed by atoms with Crippen LogP contribution in [-0.4, -0.2) is 64.3 Å². The number of aromatic nitrogens is 3. The first-order valence-corrected chi connectivity index (χ1v) is 13.8. The van der Waals surface area contributed by atoms with Crippen molar-refractivity contribution in [2.24, 2.45) is 0 Å². The molecule has 3 aromatic rings. The van der Waals surface area contributed by atoms with Crippen LogP contribution in [0.15, 0.2) is 58.6 Å². The number of amides is 1. The van der Waals surface area contributed by atoms with Gasteiger partial charge in [0.25, 0.3) is 5.91 Å². The number of aryl methyl sites for hydroxylation is 1. The van der Waals surface area contributed by atoms with E-state index in [4.69, 9.17) is 21.5 Å². The molecule has 1 fully saturated rings. The molecule has 2 aromatic heterocycles. The smallest absolute Gasteiger partial charge is 0.475 e. The Morgan fingerprint density at radius 3 is 2.29 bits per heavy atom. The molecule has 0 spiro atoms. The highest BCUT2D eigenvalue weighted by Crippen LogP contribution is 2.34. The van der Waals surface area contributed by atoms with Gasteiger partial charge in [0.1, 0.15) is 10.8 Å². The quantitative estimate of drug-likeness (QED) is 0.303. The normalized spacial score (nSPS) is 16.7. The molecule has 1 aromatic carbocycles. The van der Waals surface area contributed by atoms with Gasteiger partial charge < -0.3 is 20.6 Å². The second kappa shape index (κ2) is 14.4. The first-order chi connectivity index (χ1) is 19.3. The van der Waals surface area contributed by atoms with Crippen LogP contribution in [-0.2, 0) is 4.79 Å². The van der Waals surface area contributed by atoms with E-state index >= 15 is 0 Å². The molecule has 1 amide bonds. The lowest BCUT2D eigenvalue weighted by atomic mass is 9.91. The number of nitrogens with zero attached hydrogens (tertiary/aromatic N) is 4. The number of carbonyl (C=O) groups is 2. The second-order valence-electron chi connectivity index (χ2n) is 9.44. The van der Waals surface area contributed by atoms with Gasteiger partial charge in [0.05, 0.1) is 10.6 Å². The third-order valence-electron chi connectivity index (χ3n) is 6.00. The van der Waals surface area contributed by atoms with Crippen molar-refractivity contribution >= 4 is 47.0 Å². The first-order valence-electron chi connectivity index (χ1n) is 12.6. The Hall–Kier alpha value is -3.58. The fourth-order valence-electron chi connectivity index (χ4n) is 3.95. The van der Waals surface area contributed by atoms with Crippen molar-refractivity contribution in [3.8, 4) is 0 Å². The van der Waals surface area contributed by atoms with E-state index in [1.807, 2.05) is 62.3 Å². The summed E-state index contributed by atoms with van der Waals surface area (Å²) in [6.45, 7) is 1.98. The molecule has 2 heterocycles. The molecule has 4 rings (SSSR count). The van der Waals surface area contributed by atoms with Crippen molar-refractivity contribution in [1.82, 2.24) is 20.3 Å². The number of carboxylic acid groups (broad SMARTS) is 1. The van der Waals surface area contributed by atoms with Gasteiger partial charge in [0.15, 0.2) is 0 Å². The molecule has 1 saturated carbocycles. The van der Waals surface area contributed by atoms with Gasteiger partial charge in [-0.2, -0.15) is 18.2 Å². The van der Waals surface area contributed by atoms with Gasteiger partial charge >= 0.3 is 12.1 Å². The van der Waals surface area contributed by atoms with Crippen molar-refractivity contribution in [2.45, 2.75) is 60.8 Å². The van der Waals surface area contributed by atoms with Gasteiger partial charge in [-0.1, -0.05) is 35.5 Å². The number of benzene rings is 1. The lowest BCUT2D eigenvalue weighted by molar-refractivity contribution is -0.192. The number of aliphatic carboxylic acids is 1. The largest absolute Gasteiger partial charge is 0.490 e. The van der Waals surface area contributed by atoms with Crippen molar-refractivity contribution in [1.29, 1.82) is 0 Å². The Kier molecular flexibility index (Phi) is 11.2. The number of pyridine rings is 1. The van der Waals surface area contributed by atoms with Crippen LogP contribution in [0.5, 0.6) is 0 Å². The van der Waals surface area contributed by atoms with Crippen molar-refractivity contribution < 1.29 is 27.9 Å². The molecule has 220 valence electrons. The number of halogens is 4. The van der Waals surface area contributed by atoms with Crippen molar-refractivity contribution in [3.63, 3.8) is 0 Å². The molecule has 41 heavy (non-hydrogen) atoms. The van der Waals surface area contributed by atoms with E-state index in [9.17, 15) is 18.0 Å². The van der Waals surface area contributed by atoms with E-state index < -0.39 is 12.1 Å². The molecule has 0 atom stereocenters. The van der Waals surface area contributed by atoms with Crippen LogP contribution >= 0.6 is 23.4 Å². The first kappa shape index (κ1) is 31.9. The van der Waals surface area contributed by atoms with Crippen LogP contribution in [0, 0.1) is 6.92 Å². The average molecular weight is 611 g/mol. The van der Waals surface area contributed by atoms with Gasteiger partial charge in [-0.15, -0.1) is 0 Å². The highest BCUT2D eigenvalue weighted by Gasteiger charge is 2.38. The standard InChI is InChI=1S/C25H29ClN6OS.C2HF3O2/c1-16-15-22(32(2)3)31-25(28-16)30-18-12-10-17(11-13-18)29-23(33)19-7-6-14-27-24(19)34-21-9-5-4-8-20(21)26;3-2(4,5)1(6)7/h4-9,14-15,17-18H,10-13H2,1-3H3,(H,29,33)(H,28,30,31);(H,6,7)/t17-,18+;. The SMILES string of the molecule is Cc1cc(N(C)C)nc(N[C@H]2CC[C@@H](NC(=O)c3cccnc3Sc3ccccc3Cl)CC2)n1.O=C(O)C(F)(F)F. The molecule has 0 aliphatic heterocycles. The molecule has 0 bridgehead atoms. The number of carboxylic acids is 1. The molecule has 3 N–H and O–H groups in total. The fraction of sp³-hybridized carbons (Fsp3) is 0.370. The highest BCUT2D eigenvalue weighted by atomic mass is 35.5. The predicted molar refractivity (Wildman–Crippen MR) is 152 cm³/mol. The summed E-state index contributed by atoms with van der Waals surface area (Å²) >= 11 is 7.71. The maximum atomic E-state index is 13.1. The minimum Gasteiger partial charge on any atom is -0.475 e. The van der Waals surface area contributed by atoms with Crippen LogP contribution in [0.2, 0.25) is 5.02 Å². The summed E-state index contributed by atoms with van der Waals surface area (Å²) in [4.78, 5) is 38.4. The summed E-state index contributed by atoms with van der Waals surface area (Å²) < 4.78 is 31.7. The summed E-state index contributed by atoms with van der Waals surface area (Å²) in [5.74, 6) is -1.31. The summed E-state index contributed by atoms with van der Waals surface area (Å²) in [5.41, 5.74) is 1.50. The zero-order valence-electron chi connectivity index (χ0n) is 22.6. The maximum Gasteiger partial charge on any atom is 0.490 e. The lowest BCUT2D eigenvalue weighted by Gasteiger charge is -2.30. The zero-order chi connectivity index (χ0) is 30.2. The number of hydrogen-bond donors (Lipinski definition) is 3.